The van der Waals surface area contributed by atoms with Gasteiger partial charge in [-0.2, -0.15) is 0 Å². The second-order valence-electron chi connectivity index (χ2n) is 5.52. The molecule has 0 bridgehead atoms. The highest BCUT2D eigenvalue weighted by Crippen LogP contribution is 2.44. The van der Waals surface area contributed by atoms with Crippen LogP contribution in [0.2, 0.25) is 0 Å². The number of likely N-dealkylation sites (tertiary alicyclic amines) is 1. The molecule has 3 heteroatoms. The Morgan fingerprint density at radius 1 is 1.28 bits per heavy atom. The summed E-state index contributed by atoms with van der Waals surface area (Å²) < 4.78 is 0. The van der Waals surface area contributed by atoms with E-state index in [1.807, 2.05) is 6.07 Å². The van der Waals surface area contributed by atoms with Gasteiger partial charge in [-0.3, -0.25) is 0 Å². The number of fused-ring (bicyclic) bond motifs is 3. The maximum Gasteiger partial charge on any atom is 0.122 e. The molecule has 1 fully saturated rings. The molecule has 3 rings (SSSR count). The van der Waals surface area contributed by atoms with Crippen molar-refractivity contribution in [3.05, 3.63) is 23.3 Å². The van der Waals surface area contributed by atoms with Crippen molar-refractivity contribution in [2.45, 2.75) is 44.6 Å². The van der Waals surface area contributed by atoms with Gasteiger partial charge in [0.1, 0.15) is 11.5 Å². The zero-order valence-corrected chi connectivity index (χ0v) is 10.9. The van der Waals surface area contributed by atoms with Gasteiger partial charge in [-0.25, -0.2) is 0 Å². The molecule has 0 saturated carbocycles. The Labute approximate surface area is 108 Å². The minimum absolute atomic E-state index is 0.195. The van der Waals surface area contributed by atoms with Gasteiger partial charge in [0.2, 0.25) is 0 Å². The standard InChI is InChI=1S/C15H21NO2/c1-2-16-7-3-4-11-13-8-10(17)9-15(18)12(13)5-6-14(11)16/h8-9,11,14,17-18H,2-7H2,1H3/t11-,14-/m1/s1. The summed E-state index contributed by atoms with van der Waals surface area (Å²) >= 11 is 0. The molecule has 1 saturated heterocycles. The summed E-state index contributed by atoms with van der Waals surface area (Å²) in [6.45, 7) is 4.51. The van der Waals surface area contributed by atoms with Crippen LogP contribution in [0.4, 0.5) is 0 Å². The van der Waals surface area contributed by atoms with Crippen LogP contribution in [0.5, 0.6) is 11.5 Å². The predicted molar refractivity (Wildman–Crippen MR) is 71.1 cm³/mol. The maximum absolute atomic E-state index is 9.98. The van der Waals surface area contributed by atoms with Gasteiger partial charge < -0.3 is 15.1 Å². The first-order valence-electron chi connectivity index (χ1n) is 6.99. The van der Waals surface area contributed by atoms with Crippen LogP contribution in [0.3, 0.4) is 0 Å². The first-order chi connectivity index (χ1) is 8.70. The summed E-state index contributed by atoms with van der Waals surface area (Å²) in [5, 5.41) is 19.7. The van der Waals surface area contributed by atoms with Crippen LogP contribution in [-0.4, -0.2) is 34.2 Å². The average Bonchev–Trinajstić information content (AvgIpc) is 2.37. The predicted octanol–water partition coefficient (Wildman–Crippen LogP) is 2.61. The number of rotatable bonds is 1. The summed E-state index contributed by atoms with van der Waals surface area (Å²) in [6, 6.07) is 3.93. The number of piperidine rings is 1. The Hall–Kier alpha value is -1.22. The Balaban J connectivity index is 2.02. The van der Waals surface area contributed by atoms with Gasteiger partial charge in [-0.15, -0.1) is 0 Å². The molecule has 0 unspecified atom stereocenters. The lowest BCUT2D eigenvalue weighted by atomic mass is 9.74. The molecule has 2 aliphatic rings. The van der Waals surface area contributed by atoms with E-state index < -0.39 is 0 Å². The van der Waals surface area contributed by atoms with E-state index in [1.54, 1.807) is 0 Å². The largest absolute Gasteiger partial charge is 0.508 e. The zero-order valence-electron chi connectivity index (χ0n) is 10.9. The number of phenols is 2. The Morgan fingerprint density at radius 3 is 2.89 bits per heavy atom. The molecule has 1 aromatic rings. The van der Waals surface area contributed by atoms with E-state index in [9.17, 15) is 10.2 Å². The molecule has 1 aliphatic heterocycles. The van der Waals surface area contributed by atoms with Gasteiger partial charge in [0, 0.05) is 18.0 Å². The van der Waals surface area contributed by atoms with Crippen molar-refractivity contribution in [1.82, 2.24) is 4.90 Å². The van der Waals surface area contributed by atoms with E-state index in [1.165, 1.54) is 31.0 Å². The topological polar surface area (TPSA) is 43.7 Å². The highest BCUT2D eigenvalue weighted by molar-refractivity contribution is 5.49. The van der Waals surface area contributed by atoms with E-state index in [2.05, 4.69) is 11.8 Å². The number of hydrogen-bond donors (Lipinski definition) is 2. The molecule has 3 nitrogen and oxygen atoms in total. The number of hydrogen-bond acceptors (Lipinski definition) is 3. The zero-order chi connectivity index (χ0) is 12.7. The number of phenolic OH excluding ortho intramolecular Hbond substituents is 2. The molecule has 2 N–H and O–H groups in total. The van der Waals surface area contributed by atoms with Crippen LogP contribution >= 0.6 is 0 Å². The van der Waals surface area contributed by atoms with Gasteiger partial charge in [0.15, 0.2) is 0 Å². The van der Waals surface area contributed by atoms with Crippen LogP contribution in [0.25, 0.3) is 0 Å². The second kappa shape index (κ2) is 4.47. The Bertz CT molecular complexity index is 458. The first kappa shape index (κ1) is 11.8. The molecule has 98 valence electrons. The fourth-order valence-electron chi connectivity index (χ4n) is 3.82. The van der Waals surface area contributed by atoms with E-state index in [0.717, 1.165) is 24.9 Å². The Morgan fingerprint density at radius 2 is 2.11 bits per heavy atom. The third-order valence-electron chi connectivity index (χ3n) is 4.64. The van der Waals surface area contributed by atoms with Crippen LogP contribution in [-0.2, 0) is 6.42 Å². The summed E-state index contributed by atoms with van der Waals surface area (Å²) in [4.78, 5) is 2.55. The average molecular weight is 247 g/mol. The van der Waals surface area contributed by atoms with Crippen LogP contribution in [0, 0.1) is 0 Å². The lowest BCUT2D eigenvalue weighted by Gasteiger charge is -2.44. The van der Waals surface area contributed by atoms with Crippen molar-refractivity contribution < 1.29 is 10.2 Å². The molecule has 1 heterocycles. The van der Waals surface area contributed by atoms with Crippen molar-refractivity contribution >= 4 is 0 Å². The van der Waals surface area contributed by atoms with E-state index >= 15 is 0 Å². The Kier molecular flexibility index (Phi) is 2.94. The first-order valence-corrected chi connectivity index (χ1v) is 6.99. The molecular weight excluding hydrogens is 226 g/mol. The van der Waals surface area contributed by atoms with E-state index in [0.29, 0.717) is 12.0 Å². The normalized spacial score (nSPS) is 27.6. The third kappa shape index (κ3) is 1.77. The summed E-state index contributed by atoms with van der Waals surface area (Å²) in [5.41, 5.74) is 2.24. The molecule has 0 aromatic heterocycles. The van der Waals surface area contributed by atoms with Crippen molar-refractivity contribution in [2.24, 2.45) is 0 Å². The smallest absolute Gasteiger partial charge is 0.122 e. The SMILES string of the molecule is CCN1CCC[C@@H]2c3cc(O)cc(O)c3CC[C@H]21. The van der Waals surface area contributed by atoms with Gasteiger partial charge >= 0.3 is 0 Å². The molecule has 1 aromatic carbocycles. The number of benzene rings is 1. The molecule has 0 amide bonds. The van der Waals surface area contributed by atoms with Crippen molar-refractivity contribution in [3.8, 4) is 11.5 Å². The molecule has 1 aliphatic carbocycles. The minimum Gasteiger partial charge on any atom is -0.508 e. The van der Waals surface area contributed by atoms with Crippen molar-refractivity contribution in [3.63, 3.8) is 0 Å². The highest BCUT2D eigenvalue weighted by atomic mass is 16.3. The lowest BCUT2D eigenvalue weighted by molar-refractivity contribution is 0.118. The minimum atomic E-state index is 0.195. The molecule has 18 heavy (non-hydrogen) atoms. The fraction of sp³-hybridized carbons (Fsp3) is 0.600. The quantitative estimate of drug-likeness (QED) is 0.801. The lowest BCUT2D eigenvalue weighted by Crippen LogP contribution is -2.46. The maximum atomic E-state index is 9.98. The molecule has 0 radical (unpaired) electrons. The van der Waals surface area contributed by atoms with Crippen molar-refractivity contribution in [1.29, 1.82) is 0 Å². The van der Waals surface area contributed by atoms with Gasteiger partial charge in [-0.05, 0) is 56.0 Å². The second-order valence-corrected chi connectivity index (χ2v) is 5.52. The molecule has 2 atom stereocenters. The van der Waals surface area contributed by atoms with Crippen LogP contribution < -0.4 is 0 Å². The van der Waals surface area contributed by atoms with Crippen LogP contribution in [0.15, 0.2) is 12.1 Å². The highest BCUT2D eigenvalue weighted by Gasteiger charge is 2.36. The summed E-state index contributed by atoms with van der Waals surface area (Å²) in [5.74, 6) is 0.957. The van der Waals surface area contributed by atoms with Crippen LogP contribution in [0.1, 0.15) is 43.2 Å². The van der Waals surface area contributed by atoms with E-state index in [-0.39, 0.29) is 11.5 Å². The monoisotopic (exact) mass is 247 g/mol. The third-order valence-corrected chi connectivity index (χ3v) is 4.64. The number of likely N-dealkylation sites (N-methyl/N-ethyl adjacent to an activating group) is 1. The van der Waals surface area contributed by atoms with Gasteiger partial charge in [0.05, 0.1) is 0 Å². The molecule has 0 spiro atoms. The summed E-state index contributed by atoms with van der Waals surface area (Å²) in [7, 11) is 0. The van der Waals surface area contributed by atoms with Gasteiger partial charge in [-0.1, -0.05) is 6.92 Å². The number of aromatic hydroxyl groups is 2. The number of nitrogens with zero attached hydrogens (tertiary/aromatic N) is 1. The molecular formula is C15H21NO2. The fourth-order valence-corrected chi connectivity index (χ4v) is 3.82. The summed E-state index contributed by atoms with van der Waals surface area (Å²) in [6.07, 6.45) is 4.45. The van der Waals surface area contributed by atoms with Crippen molar-refractivity contribution in [2.75, 3.05) is 13.1 Å². The van der Waals surface area contributed by atoms with E-state index in [4.69, 9.17) is 0 Å². The van der Waals surface area contributed by atoms with Gasteiger partial charge in [0.25, 0.3) is 0 Å².